The van der Waals surface area contributed by atoms with Crippen molar-refractivity contribution in [3.05, 3.63) is 17.2 Å². The Kier molecular flexibility index (Phi) is 3.69. The van der Waals surface area contributed by atoms with Crippen LogP contribution < -0.4 is 15.5 Å². The lowest BCUT2D eigenvalue weighted by atomic mass is 9.66. The Hall–Kier alpha value is -1.53. The van der Waals surface area contributed by atoms with Gasteiger partial charge in [0.2, 0.25) is 0 Å². The zero-order valence-corrected chi connectivity index (χ0v) is 17.7. The fourth-order valence-electron chi connectivity index (χ4n) is 4.46. The fraction of sp³-hybridized carbons (Fsp3) is 0.667. The number of rotatable bonds is 1. The van der Waals surface area contributed by atoms with Gasteiger partial charge in [-0.1, -0.05) is 6.07 Å². The summed E-state index contributed by atoms with van der Waals surface area (Å²) in [7, 11) is -0.506. The topological polar surface area (TPSA) is 56.8 Å². The van der Waals surface area contributed by atoms with E-state index in [1.807, 2.05) is 55.4 Å². The van der Waals surface area contributed by atoms with E-state index in [9.17, 15) is 4.79 Å². The second kappa shape index (κ2) is 5.29. The third-order valence-electron chi connectivity index (χ3n) is 6.76. The SMILES string of the molecule is CC1(C)Nc2c(cc(B3OC(C)(C)C(C)(C)O3)c3c2CCO3)C(C)(C)C1=O. The molecule has 3 aliphatic heterocycles. The van der Waals surface area contributed by atoms with E-state index in [0.29, 0.717) is 6.61 Å². The minimum absolute atomic E-state index is 0.182. The molecule has 0 spiro atoms. The minimum atomic E-state index is -0.612. The summed E-state index contributed by atoms with van der Waals surface area (Å²) in [6, 6.07) is 2.06. The molecule has 4 rings (SSSR count). The van der Waals surface area contributed by atoms with Crippen molar-refractivity contribution in [2.75, 3.05) is 11.9 Å². The molecule has 1 saturated heterocycles. The van der Waals surface area contributed by atoms with Gasteiger partial charge in [0.05, 0.1) is 28.8 Å². The van der Waals surface area contributed by atoms with E-state index in [1.54, 1.807) is 0 Å². The van der Waals surface area contributed by atoms with Crippen LogP contribution in [0.5, 0.6) is 5.75 Å². The van der Waals surface area contributed by atoms with Gasteiger partial charge in [-0.25, -0.2) is 0 Å². The van der Waals surface area contributed by atoms with Crippen LogP contribution in [-0.4, -0.2) is 36.2 Å². The number of ketones is 1. The molecule has 5 nitrogen and oxygen atoms in total. The molecule has 1 N–H and O–H groups in total. The van der Waals surface area contributed by atoms with Gasteiger partial charge in [0.1, 0.15) is 5.75 Å². The molecular weight excluding hydrogens is 341 g/mol. The number of ether oxygens (including phenoxy) is 1. The molecule has 146 valence electrons. The van der Waals surface area contributed by atoms with Gasteiger partial charge in [-0.2, -0.15) is 0 Å². The Morgan fingerprint density at radius 1 is 1.00 bits per heavy atom. The molecule has 0 saturated carbocycles. The highest BCUT2D eigenvalue weighted by Gasteiger charge is 2.54. The van der Waals surface area contributed by atoms with E-state index in [0.717, 1.165) is 34.4 Å². The van der Waals surface area contributed by atoms with E-state index in [-0.39, 0.29) is 5.78 Å². The number of benzene rings is 1. The highest BCUT2D eigenvalue weighted by Crippen LogP contribution is 2.47. The number of carbonyl (C=O) groups excluding carboxylic acids is 1. The molecule has 0 amide bonds. The summed E-state index contributed by atoms with van der Waals surface area (Å²) in [5.74, 6) is 1.03. The maximum atomic E-state index is 13.1. The van der Waals surface area contributed by atoms with Crippen LogP contribution in [0.15, 0.2) is 6.07 Å². The molecule has 0 atom stereocenters. The van der Waals surface area contributed by atoms with E-state index in [4.69, 9.17) is 14.0 Å². The number of anilines is 1. The lowest BCUT2D eigenvalue weighted by Crippen LogP contribution is -2.54. The lowest BCUT2D eigenvalue weighted by Gasteiger charge is -2.43. The first-order valence-corrected chi connectivity index (χ1v) is 9.80. The van der Waals surface area contributed by atoms with Crippen molar-refractivity contribution in [1.82, 2.24) is 0 Å². The average Bonchev–Trinajstić information content (AvgIpc) is 3.08. The van der Waals surface area contributed by atoms with Gasteiger partial charge in [-0.15, -0.1) is 0 Å². The predicted molar refractivity (Wildman–Crippen MR) is 107 cm³/mol. The maximum absolute atomic E-state index is 13.1. The average molecular weight is 371 g/mol. The van der Waals surface area contributed by atoms with E-state index in [2.05, 4.69) is 11.4 Å². The van der Waals surface area contributed by atoms with E-state index >= 15 is 0 Å². The van der Waals surface area contributed by atoms with Gasteiger partial charge in [-0.05, 0) is 61.0 Å². The van der Waals surface area contributed by atoms with Gasteiger partial charge >= 0.3 is 7.12 Å². The highest BCUT2D eigenvalue weighted by molar-refractivity contribution is 6.63. The molecule has 1 aromatic carbocycles. The second-order valence-electron chi connectivity index (χ2n) is 10.1. The maximum Gasteiger partial charge on any atom is 0.498 e. The van der Waals surface area contributed by atoms with Crippen LogP contribution >= 0.6 is 0 Å². The van der Waals surface area contributed by atoms with Crippen LogP contribution in [0.1, 0.15) is 66.5 Å². The van der Waals surface area contributed by atoms with Crippen molar-refractivity contribution in [3.63, 3.8) is 0 Å². The molecule has 0 aliphatic carbocycles. The van der Waals surface area contributed by atoms with Crippen LogP contribution in [0.2, 0.25) is 0 Å². The summed E-state index contributed by atoms with van der Waals surface area (Å²) in [4.78, 5) is 13.1. The summed E-state index contributed by atoms with van der Waals surface area (Å²) in [6.45, 7) is 16.7. The molecule has 6 heteroatoms. The molecule has 0 radical (unpaired) electrons. The van der Waals surface area contributed by atoms with Crippen molar-refractivity contribution in [2.45, 2.75) is 84.0 Å². The van der Waals surface area contributed by atoms with Gasteiger partial charge in [0, 0.05) is 23.1 Å². The first kappa shape index (κ1) is 18.8. The molecule has 27 heavy (non-hydrogen) atoms. The second-order valence-corrected chi connectivity index (χ2v) is 10.1. The highest BCUT2D eigenvalue weighted by atomic mass is 16.7. The molecule has 3 aliphatic rings. The van der Waals surface area contributed by atoms with Gasteiger partial charge in [-0.3, -0.25) is 4.79 Å². The smallest absolute Gasteiger partial charge is 0.493 e. The Bertz CT molecular complexity index is 825. The van der Waals surface area contributed by atoms with E-state index in [1.165, 1.54) is 0 Å². The Morgan fingerprint density at radius 3 is 2.19 bits per heavy atom. The summed E-state index contributed by atoms with van der Waals surface area (Å²) in [6.07, 6.45) is 0.818. The first-order chi connectivity index (χ1) is 12.3. The fourth-order valence-corrected chi connectivity index (χ4v) is 4.46. The molecule has 1 aromatic rings. The molecule has 3 heterocycles. The van der Waals surface area contributed by atoms with Crippen LogP contribution in [0.3, 0.4) is 0 Å². The molecule has 0 aromatic heterocycles. The summed E-state index contributed by atoms with van der Waals surface area (Å²) in [5.41, 5.74) is 2.00. The number of carbonyl (C=O) groups is 1. The zero-order chi connectivity index (χ0) is 20.0. The molecule has 0 unspecified atom stereocenters. The summed E-state index contributed by atoms with van der Waals surface area (Å²) >= 11 is 0. The summed E-state index contributed by atoms with van der Waals surface area (Å²) in [5, 5.41) is 3.48. The monoisotopic (exact) mass is 371 g/mol. The normalized spacial score (nSPS) is 26.2. The van der Waals surface area contributed by atoms with Crippen LogP contribution in [0, 0.1) is 0 Å². The van der Waals surface area contributed by atoms with Crippen molar-refractivity contribution < 1.29 is 18.8 Å². The van der Waals surface area contributed by atoms with Gasteiger partial charge < -0.3 is 19.4 Å². The molecule has 1 fully saturated rings. The number of hydrogen-bond acceptors (Lipinski definition) is 5. The van der Waals surface area contributed by atoms with Crippen LogP contribution in [-0.2, 0) is 25.9 Å². The summed E-state index contributed by atoms with van der Waals surface area (Å²) < 4.78 is 18.6. The van der Waals surface area contributed by atoms with Crippen molar-refractivity contribution >= 4 is 24.1 Å². The molecule has 0 bridgehead atoms. The Morgan fingerprint density at radius 2 is 1.59 bits per heavy atom. The quantitative estimate of drug-likeness (QED) is 0.770. The zero-order valence-electron chi connectivity index (χ0n) is 17.7. The minimum Gasteiger partial charge on any atom is -0.493 e. The van der Waals surface area contributed by atoms with Crippen LogP contribution in [0.25, 0.3) is 0 Å². The Balaban J connectivity index is 1.90. The Labute approximate surface area is 162 Å². The van der Waals surface area contributed by atoms with Crippen molar-refractivity contribution in [3.8, 4) is 5.75 Å². The number of nitrogens with one attached hydrogen (secondary N) is 1. The molecular formula is C21H30BNO4. The largest absolute Gasteiger partial charge is 0.498 e. The standard InChI is InChI=1S/C21H30BNO4/c1-18(2)13-11-14(22-26-20(5,6)21(7,8)27-22)16-12(9-10-25-16)15(13)23-19(3,4)17(18)24/h11,23H,9-10H2,1-8H3. The number of Topliss-reactive ketones (excluding diaryl/α,β-unsaturated/α-hetero) is 1. The van der Waals surface area contributed by atoms with Gasteiger partial charge in [0.25, 0.3) is 0 Å². The third kappa shape index (κ3) is 2.49. The number of hydrogen-bond donors (Lipinski definition) is 1. The third-order valence-corrected chi connectivity index (χ3v) is 6.76. The number of fused-ring (bicyclic) bond motifs is 3. The first-order valence-electron chi connectivity index (χ1n) is 9.80. The van der Waals surface area contributed by atoms with Crippen molar-refractivity contribution in [1.29, 1.82) is 0 Å². The van der Waals surface area contributed by atoms with Crippen molar-refractivity contribution in [2.24, 2.45) is 0 Å². The van der Waals surface area contributed by atoms with E-state index < -0.39 is 29.3 Å². The lowest BCUT2D eigenvalue weighted by molar-refractivity contribution is -0.127. The van der Waals surface area contributed by atoms with Gasteiger partial charge in [0.15, 0.2) is 5.78 Å². The van der Waals surface area contributed by atoms with Crippen LogP contribution in [0.4, 0.5) is 5.69 Å². The predicted octanol–water partition coefficient (Wildman–Crippen LogP) is 2.97.